The fraction of sp³-hybridized carbons (Fsp3) is 0.429. The number of hydrogen-bond donors (Lipinski definition) is 1. The molecule has 4 nitrogen and oxygen atoms in total. The Bertz CT molecular complexity index is 494. The molecular formula is C14H18FN3O. The summed E-state index contributed by atoms with van der Waals surface area (Å²) in [6.07, 6.45) is 0. The highest BCUT2D eigenvalue weighted by atomic mass is 19.1. The highest BCUT2D eigenvalue weighted by molar-refractivity contribution is 5.75. The average Bonchev–Trinajstić information content (AvgIpc) is 2.29. The summed E-state index contributed by atoms with van der Waals surface area (Å²) in [6, 6.07) is 6.19. The third-order valence-corrected chi connectivity index (χ3v) is 2.56. The van der Waals surface area contributed by atoms with Gasteiger partial charge in [-0.25, -0.2) is 4.39 Å². The lowest BCUT2D eigenvalue weighted by Crippen LogP contribution is -2.35. The number of carbonyl (C=O) groups excluding carboxylic acids is 1. The topological polar surface area (TPSA) is 70.1 Å². The molecule has 5 heteroatoms. The Kier molecular flexibility index (Phi) is 5.46. The van der Waals surface area contributed by atoms with E-state index < -0.39 is 11.7 Å². The lowest BCUT2D eigenvalue weighted by atomic mass is 10.1. The smallest absolute Gasteiger partial charge is 0.231 e. The van der Waals surface area contributed by atoms with E-state index in [4.69, 9.17) is 11.0 Å². The van der Waals surface area contributed by atoms with Crippen LogP contribution in [0.1, 0.15) is 25.0 Å². The van der Waals surface area contributed by atoms with Crippen molar-refractivity contribution in [2.45, 2.75) is 20.4 Å². The van der Waals surface area contributed by atoms with Crippen molar-refractivity contribution >= 4 is 5.91 Å². The quantitative estimate of drug-likeness (QED) is 0.848. The number of benzene rings is 1. The SMILES string of the molecule is CC(C)CN(CC(N)=O)Cc1ccc(F)c(C#N)c1. The highest BCUT2D eigenvalue weighted by Crippen LogP contribution is 2.12. The van der Waals surface area contributed by atoms with Crippen LogP contribution in [0.25, 0.3) is 0 Å². The number of nitriles is 1. The van der Waals surface area contributed by atoms with Gasteiger partial charge in [0.05, 0.1) is 12.1 Å². The molecule has 1 aromatic rings. The van der Waals surface area contributed by atoms with Gasteiger partial charge >= 0.3 is 0 Å². The number of nitrogens with two attached hydrogens (primary N) is 1. The Balaban J connectivity index is 2.83. The molecule has 0 radical (unpaired) electrons. The first kappa shape index (κ1) is 15.1. The Labute approximate surface area is 112 Å². The van der Waals surface area contributed by atoms with E-state index in [1.54, 1.807) is 12.1 Å². The monoisotopic (exact) mass is 263 g/mol. The van der Waals surface area contributed by atoms with Crippen molar-refractivity contribution in [3.05, 3.63) is 35.1 Å². The van der Waals surface area contributed by atoms with Crippen LogP contribution < -0.4 is 5.73 Å². The maximum atomic E-state index is 13.2. The van der Waals surface area contributed by atoms with Gasteiger partial charge in [0.15, 0.2) is 0 Å². The fourth-order valence-electron chi connectivity index (χ4n) is 1.94. The van der Waals surface area contributed by atoms with Crippen molar-refractivity contribution in [2.24, 2.45) is 11.7 Å². The van der Waals surface area contributed by atoms with Gasteiger partial charge in [0.25, 0.3) is 0 Å². The molecule has 19 heavy (non-hydrogen) atoms. The summed E-state index contributed by atoms with van der Waals surface area (Å²) in [5.74, 6) is -0.546. The van der Waals surface area contributed by atoms with Gasteiger partial charge in [-0.1, -0.05) is 19.9 Å². The van der Waals surface area contributed by atoms with Crippen LogP contribution in [0.5, 0.6) is 0 Å². The zero-order valence-electron chi connectivity index (χ0n) is 11.2. The maximum absolute atomic E-state index is 13.2. The normalized spacial score (nSPS) is 10.7. The molecule has 1 amide bonds. The Morgan fingerprint density at radius 1 is 1.53 bits per heavy atom. The van der Waals surface area contributed by atoms with Gasteiger partial charge in [-0.2, -0.15) is 5.26 Å². The molecule has 0 fully saturated rings. The van der Waals surface area contributed by atoms with Gasteiger partial charge in [-0.05, 0) is 23.6 Å². The van der Waals surface area contributed by atoms with Crippen molar-refractivity contribution in [3.8, 4) is 6.07 Å². The Morgan fingerprint density at radius 2 is 2.21 bits per heavy atom. The molecule has 0 aliphatic rings. The summed E-state index contributed by atoms with van der Waals surface area (Å²) in [5.41, 5.74) is 6.02. The van der Waals surface area contributed by atoms with Gasteiger partial charge in [0.1, 0.15) is 11.9 Å². The number of amides is 1. The number of hydrogen-bond acceptors (Lipinski definition) is 3. The first-order valence-corrected chi connectivity index (χ1v) is 6.11. The number of rotatable bonds is 6. The largest absolute Gasteiger partial charge is 0.369 e. The number of halogens is 1. The van der Waals surface area contributed by atoms with Crippen LogP contribution in [0, 0.1) is 23.1 Å². The minimum atomic E-state index is -0.531. The highest BCUT2D eigenvalue weighted by Gasteiger charge is 2.12. The van der Waals surface area contributed by atoms with Crippen LogP contribution in [-0.2, 0) is 11.3 Å². The predicted molar refractivity (Wildman–Crippen MR) is 70.4 cm³/mol. The second-order valence-electron chi connectivity index (χ2n) is 4.96. The van der Waals surface area contributed by atoms with E-state index in [-0.39, 0.29) is 12.1 Å². The van der Waals surface area contributed by atoms with Crippen LogP contribution in [-0.4, -0.2) is 23.9 Å². The van der Waals surface area contributed by atoms with Gasteiger partial charge in [-0.3, -0.25) is 9.69 Å². The van der Waals surface area contributed by atoms with Gasteiger partial charge in [-0.15, -0.1) is 0 Å². The molecule has 0 unspecified atom stereocenters. The number of carbonyl (C=O) groups is 1. The van der Waals surface area contributed by atoms with Gasteiger partial charge in [0, 0.05) is 13.1 Å². The predicted octanol–water partition coefficient (Wildman–Crippen LogP) is 1.64. The number of nitrogens with zero attached hydrogens (tertiary/aromatic N) is 2. The zero-order chi connectivity index (χ0) is 14.4. The van der Waals surface area contributed by atoms with Crippen molar-refractivity contribution < 1.29 is 9.18 Å². The molecule has 1 rings (SSSR count). The zero-order valence-corrected chi connectivity index (χ0v) is 11.2. The van der Waals surface area contributed by atoms with E-state index in [2.05, 4.69) is 0 Å². The molecule has 0 heterocycles. The third kappa shape index (κ3) is 5.06. The minimum Gasteiger partial charge on any atom is -0.369 e. The molecule has 2 N–H and O–H groups in total. The third-order valence-electron chi connectivity index (χ3n) is 2.56. The second kappa shape index (κ2) is 6.86. The summed E-state index contributed by atoms with van der Waals surface area (Å²) in [7, 11) is 0. The lowest BCUT2D eigenvalue weighted by Gasteiger charge is -2.22. The van der Waals surface area contributed by atoms with Crippen LogP contribution >= 0.6 is 0 Å². The average molecular weight is 263 g/mol. The first-order valence-electron chi connectivity index (χ1n) is 6.11. The molecule has 1 aromatic carbocycles. The van der Waals surface area contributed by atoms with Crippen molar-refractivity contribution in [1.29, 1.82) is 5.26 Å². The van der Waals surface area contributed by atoms with E-state index in [9.17, 15) is 9.18 Å². The van der Waals surface area contributed by atoms with Crippen LogP contribution in [0.4, 0.5) is 4.39 Å². The van der Waals surface area contributed by atoms with Crippen molar-refractivity contribution in [2.75, 3.05) is 13.1 Å². The standard InChI is InChI=1S/C14H18FN3O/c1-10(2)7-18(9-14(17)19)8-11-3-4-13(15)12(5-11)6-16/h3-5,10H,7-9H2,1-2H3,(H2,17,19). The van der Waals surface area contributed by atoms with E-state index in [0.29, 0.717) is 19.0 Å². The summed E-state index contributed by atoms with van der Waals surface area (Å²) in [6.45, 7) is 5.41. The molecule has 0 aliphatic carbocycles. The van der Waals surface area contributed by atoms with Crippen LogP contribution in [0.2, 0.25) is 0 Å². The van der Waals surface area contributed by atoms with Crippen LogP contribution in [0.3, 0.4) is 0 Å². The van der Waals surface area contributed by atoms with E-state index >= 15 is 0 Å². The molecule has 0 bridgehead atoms. The molecule has 102 valence electrons. The molecule has 0 aliphatic heterocycles. The minimum absolute atomic E-state index is 0.0149. The maximum Gasteiger partial charge on any atom is 0.231 e. The Hall–Kier alpha value is -1.93. The molecule has 0 aromatic heterocycles. The van der Waals surface area contributed by atoms with Crippen molar-refractivity contribution in [3.63, 3.8) is 0 Å². The van der Waals surface area contributed by atoms with Gasteiger partial charge in [0.2, 0.25) is 5.91 Å². The summed E-state index contributed by atoms with van der Waals surface area (Å²) >= 11 is 0. The molecule has 0 spiro atoms. The molecule has 0 atom stereocenters. The summed E-state index contributed by atoms with van der Waals surface area (Å²) in [5, 5.41) is 8.79. The molecule has 0 saturated carbocycles. The van der Waals surface area contributed by atoms with E-state index in [0.717, 1.165) is 5.56 Å². The van der Waals surface area contributed by atoms with Crippen molar-refractivity contribution in [1.82, 2.24) is 4.90 Å². The first-order chi connectivity index (χ1) is 8.92. The van der Waals surface area contributed by atoms with E-state index in [1.807, 2.05) is 18.7 Å². The summed E-state index contributed by atoms with van der Waals surface area (Å²) in [4.78, 5) is 12.9. The van der Waals surface area contributed by atoms with Crippen LogP contribution in [0.15, 0.2) is 18.2 Å². The van der Waals surface area contributed by atoms with E-state index in [1.165, 1.54) is 12.1 Å². The molecule has 0 saturated heterocycles. The fourth-order valence-corrected chi connectivity index (χ4v) is 1.94. The van der Waals surface area contributed by atoms with Gasteiger partial charge < -0.3 is 5.73 Å². The Morgan fingerprint density at radius 3 is 2.74 bits per heavy atom. The lowest BCUT2D eigenvalue weighted by molar-refractivity contribution is -0.119. The second-order valence-corrected chi connectivity index (χ2v) is 4.96. The summed E-state index contributed by atoms with van der Waals surface area (Å²) < 4.78 is 13.2. The number of primary amides is 1. The molecular weight excluding hydrogens is 245 g/mol.